The number of halogens is 2. The lowest BCUT2D eigenvalue weighted by atomic mass is 9.95. The molecule has 0 atom stereocenters. The van der Waals surface area contributed by atoms with E-state index in [1.165, 1.54) is 12.3 Å². The molecule has 8 nitrogen and oxygen atoms in total. The number of amides is 2. The van der Waals surface area contributed by atoms with Gasteiger partial charge in [-0.15, -0.1) is 0 Å². The predicted molar refractivity (Wildman–Crippen MR) is 118 cm³/mol. The highest BCUT2D eigenvalue weighted by Gasteiger charge is 2.34. The van der Waals surface area contributed by atoms with Gasteiger partial charge in [-0.05, 0) is 31.4 Å². The summed E-state index contributed by atoms with van der Waals surface area (Å²) >= 11 is 12.4. The van der Waals surface area contributed by atoms with E-state index >= 15 is 0 Å². The lowest BCUT2D eigenvalue weighted by Crippen LogP contribution is -2.40. The van der Waals surface area contributed by atoms with E-state index in [-0.39, 0.29) is 34.6 Å². The van der Waals surface area contributed by atoms with Crippen LogP contribution < -0.4 is 10.6 Å². The van der Waals surface area contributed by atoms with Crippen LogP contribution in [0.3, 0.4) is 0 Å². The Balaban J connectivity index is 1.92. The fourth-order valence-electron chi connectivity index (χ4n) is 3.39. The fourth-order valence-corrected chi connectivity index (χ4v) is 3.95. The number of nitrogens with one attached hydrogen (secondary N) is 2. The zero-order valence-corrected chi connectivity index (χ0v) is 18.8. The smallest absolute Gasteiger partial charge is 0.294 e. The third-order valence-corrected chi connectivity index (χ3v) is 5.72. The van der Waals surface area contributed by atoms with Gasteiger partial charge < -0.3 is 20.3 Å². The maximum atomic E-state index is 13.0. The Bertz CT molecular complexity index is 1030. The average Bonchev–Trinajstić information content (AvgIpc) is 3.03. The predicted octanol–water partition coefficient (Wildman–Crippen LogP) is 3.10. The van der Waals surface area contributed by atoms with Crippen LogP contribution >= 0.6 is 23.2 Å². The summed E-state index contributed by atoms with van der Waals surface area (Å²) in [5, 5.41) is 14.8. The summed E-state index contributed by atoms with van der Waals surface area (Å²) in [5.41, 5.74) is 0.680. The number of rotatable bonds is 7. The van der Waals surface area contributed by atoms with Gasteiger partial charge in [-0.2, -0.15) is 0 Å². The van der Waals surface area contributed by atoms with Crippen molar-refractivity contribution < 1.29 is 19.5 Å². The second-order valence-corrected chi connectivity index (χ2v) is 9.01. The molecule has 0 unspecified atom stereocenters. The number of pyridine rings is 1. The van der Waals surface area contributed by atoms with E-state index in [9.17, 15) is 19.5 Å². The van der Waals surface area contributed by atoms with Gasteiger partial charge in [0.25, 0.3) is 17.6 Å². The van der Waals surface area contributed by atoms with Crippen molar-refractivity contribution in [2.24, 2.45) is 5.41 Å². The number of carbonyl (C=O) groups excluding carboxylic acids is 3. The largest absolute Gasteiger partial charge is 0.396 e. The Hall–Kier alpha value is -2.42. The molecule has 3 rings (SSSR count). The van der Waals surface area contributed by atoms with Crippen LogP contribution in [0.1, 0.15) is 53.2 Å². The zero-order chi connectivity index (χ0) is 22.8. The van der Waals surface area contributed by atoms with Crippen molar-refractivity contribution in [3.8, 4) is 0 Å². The quantitative estimate of drug-likeness (QED) is 0.329. The van der Waals surface area contributed by atoms with Crippen LogP contribution in [0.2, 0.25) is 10.2 Å². The number of anilines is 1. The number of Topliss-reactive ketones (excluding diaryl/α,β-unsaturated/α-hetero) is 1. The van der Waals surface area contributed by atoms with Gasteiger partial charge in [0.15, 0.2) is 0 Å². The fraction of sp³-hybridized carbons (Fsp3) is 0.429. The van der Waals surface area contributed by atoms with Gasteiger partial charge in [0.05, 0.1) is 10.6 Å². The Kier molecular flexibility index (Phi) is 7.03. The summed E-state index contributed by atoms with van der Waals surface area (Å²) in [6.45, 7) is 3.98. The number of hydrogen-bond donors (Lipinski definition) is 3. The minimum absolute atomic E-state index is 0.00795. The van der Waals surface area contributed by atoms with Crippen LogP contribution in [0.4, 0.5) is 5.69 Å². The minimum atomic E-state index is -0.831. The molecule has 3 heterocycles. The molecule has 0 saturated carbocycles. The normalized spacial score (nSPS) is 13.5. The lowest BCUT2D eigenvalue weighted by molar-refractivity contribution is -0.117. The standard InChI is InChI=1S/C21H24Cl2N4O4/c1-21(2,11-28)10-25-20(31)18(29)17-16(23)15(13-5-3-4-8-27(13)17)19(30)26-12-6-7-24-14(22)9-12/h6-7,9,28H,3-5,8,10-11H2,1-2H3,(H,25,31)(H,24,26,30). The molecule has 1 aliphatic rings. The van der Waals surface area contributed by atoms with Crippen LogP contribution in [0.5, 0.6) is 0 Å². The van der Waals surface area contributed by atoms with E-state index < -0.39 is 23.0 Å². The summed E-state index contributed by atoms with van der Waals surface area (Å²) in [5.74, 6) is -2.13. The molecule has 0 aromatic carbocycles. The SMILES string of the molecule is CC(C)(CO)CNC(=O)C(=O)c1c(Cl)c(C(=O)Nc2ccnc(Cl)c2)c2n1CCCC2. The summed E-state index contributed by atoms with van der Waals surface area (Å²) < 4.78 is 1.67. The van der Waals surface area contributed by atoms with Crippen molar-refractivity contribution in [3.63, 3.8) is 0 Å². The van der Waals surface area contributed by atoms with Crippen molar-refractivity contribution in [1.29, 1.82) is 0 Å². The van der Waals surface area contributed by atoms with Crippen molar-refractivity contribution in [3.05, 3.63) is 45.5 Å². The Labute approximate surface area is 189 Å². The Morgan fingerprint density at radius 3 is 2.68 bits per heavy atom. The maximum Gasteiger partial charge on any atom is 0.294 e. The number of aliphatic hydroxyl groups excluding tert-OH is 1. The molecule has 2 aromatic rings. The van der Waals surface area contributed by atoms with Gasteiger partial charge in [0, 0.05) is 42.7 Å². The summed E-state index contributed by atoms with van der Waals surface area (Å²) in [6.07, 6.45) is 3.67. The van der Waals surface area contributed by atoms with Gasteiger partial charge in [-0.25, -0.2) is 4.98 Å². The van der Waals surface area contributed by atoms with E-state index in [2.05, 4.69) is 15.6 Å². The first-order chi connectivity index (χ1) is 14.6. The number of fused-ring (bicyclic) bond motifs is 1. The second kappa shape index (κ2) is 9.38. The summed E-state index contributed by atoms with van der Waals surface area (Å²) in [7, 11) is 0. The van der Waals surface area contributed by atoms with E-state index in [1.807, 2.05) is 0 Å². The van der Waals surface area contributed by atoms with Crippen molar-refractivity contribution in [1.82, 2.24) is 14.9 Å². The maximum absolute atomic E-state index is 13.0. The molecule has 10 heteroatoms. The monoisotopic (exact) mass is 466 g/mol. The van der Waals surface area contributed by atoms with Gasteiger partial charge in [0.2, 0.25) is 0 Å². The van der Waals surface area contributed by atoms with Crippen molar-refractivity contribution in [2.75, 3.05) is 18.5 Å². The first kappa shape index (κ1) is 23.2. The highest BCUT2D eigenvalue weighted by Crippen LogP contribution is 2.33. The van der Waals surface area contributed by atoms with Crippen molar-refractivity contribution in [2.45, 2.75) is 39.7 Å². The molecule has 166 valence electrons. The van der Waals surface area contributed by atoms with E-state index in [4.69, 9.17) is 23.2 Å². The molecule has 0 bridgehead atoms. The highest BCUT2D eigenvalue weighted by atomic mass is 35.5. The van der Waals surface area contributed by atoms with Gasteiger partial charge in [-0.1, -0.05) is 37.0 Å². The lowest BCUT2D eigenvalue weighted by Gasteiger charge is -2.22. The number of carbonyl (C=O) groups is 3. The molecule has 0 spiro atoms. The molecule has 2 aromatic heterocycles. The van der Waals surface area contributed by atoms with Crippen LogP contribution in [0.15, 0.2) is 18.3 Å². The number of ketones is 1. The van der Waals surface area contributed by atoms with Gasteiger partial charge in [0.1, 0.15) is 10.8 Å². The first-order valence-corrected chi connectivity index (χ1v) is 10.7. The minimum Gasteiger partial charge on any atom is -0.396 e. The molecule has 0 saturated heterocycles. The van der Waals surface area contributed by atoms with E-state index in [0.29, 0.717) is 24.3 Å². The van der Waals surface area contributed by atoms with Crippen LogP contribution in [-0.2, 0) is 17.8 Å². The molecule has 31 heavy (non-hydrogen) atoms. The Morgan fingerprint density at radius 1 is 1.26 bits per heavy atom. The average molecular weight is 467 g/mol. The molecule has 0 radical (unpaired) electrons. The molecule has 2 amide bonds. The van der Waals surface area contributed by atoms with Gasteiger partial charge in [-0.3, -0.25) is 14.4 Å². The van der Waals surface area contributed by atoms with Gasteiger partial charge >= 0.3 is 0 Å². The number of hydrogen-bond acceptors (Lipinski definition) is 5. The summed E-state index contributed by atoms with van der Waals surface area (Å²) in [4.78, 5) is 42.3. The Morgan fingerprint density at radius 2 is 2.00 bits per heavy atom. The third-order valence-electron chi connectivity index (χ3n) is 5.15. The molecular weight excluding hydrogens is 443 g/mol. The van der Waals surface area contributed by atoms with Crippen molar-refractivity contribution >= 4 is 46.5 Å². The van der Waals surface area contributed by atoms with Crippen LogP contribution in [0.25, 0.3) is 0 Å². The number of aliphatic hydroxyl groups is 1. The van der Waals surface area contributed by atoms with E-state index in [0.717, 1.165) is 12.8 Å². The highest BCUT2D eigenvalue weighted by molar-refractivity contribution is 6.48. The number of aromatic nitrogens is 2. The first-order valence-electron chi connectivity index (χ1n) is 9.92. The zero-order valence-electron chi connectivity index (χ0n) is 17.3. The molecule has 3 N–H and O–H groups in total. The van der Waals surface area contributed by atoms with E-state index in [1.54, 1.807) is 24.5 Å². The van der Waals surface area contributed by atoms with Crippen LogP contribution in [-0.4, -0.2) is 45.4 Å². The second-order valence-electron chi connectivity index (χ2n) is 8.25. The molecule has 0 aliphatic carbocycles. The molecule has 0 fully saturated rings. The molecule has 1 aliphatic heterocycles. The molecular formula is C21H24Cl2N4O4. The van der Waals surface area contributed by atoms with Crippen LogP contribution in [0, 0.1) is 5.41 Å². The summed E-state index contributed by atoms with van der Waals surface area (Å²) in [6, 6.07) is 3.08. The third kappa shape index (κ3) is 5.08. The number of nitrogens with zero attached hydrogens (tertiary/aromatic N) is 2. The topological polar surface area (TPSA) is 113 Å².